The highest BCUT2D eigenvalue weighted by Gasteiger charge is 2.23. The maximum Gasteiger partial charge on any atom is 0.0233 e. The predicted octanol–water partition coefficient (Wildman–Crippen LogP) is 6.48. The first kappa shape index (κ1) is 38.4. The first-order valence-corrected chi connectivity index (χ1v) is 13.6. The third kappa shape index (κ3) is 12.8. The summed E-state index contributed by atoms with van der Waals surface area (Å²) in [6, 6.07) is 9.56. The molecule has 0 saturated carbocycles. The van der Waals surface area contributed by atoms with Crippen molar-refractivity contribution >= 4 is 49.6 Å². The van der Waals surface area contributed by atoms with E-state index in [2.05, 4.69) is 71.6 Å². The van der Waals surface area contributed by atoms with E-state index in [1.165, 1.54) is 102 Å². The molecule has 0 aliphatic carbocycles. The van der Waals surface area contributed by atoms with Crippen LogP contribution in [0.5, 0.6) is 0 Å². The minimum Gasteiger partial charge on any atom is -0.304 e. The molecule has 214 valence electrons. The zero-order valence-electron chi connectivity index (χ0n) is 23.2. The van der Waals surface area contributed by atoms with Crippen molar-refractivity contribution in [3.05, 3.63) is 35.4 Å². The van der Waals surface area contributed by atoms with Crippen molar-refractivity contribution in [2.75, 3.05) is 65.4 Å². The van der Waals surface area contributed by atoms with Gasteiger partial charge >= 0.3 is 0 Å². The number of likely N-dealkylation sites (tertiary alicyclic amines) is 2. The maximum absolute atomic E-state index is 2.69. The normalized spacial score (nSPS) is 20.7. The number of benzene rings is 1. The molecule has 1 aromatic carbocycles. The average Bonchev–Trinajstić information content (AvgIpc) is 2.83. The van der Waals surface area contributed by atoms with E-state index in [-0.39, 0.29) is 49.6 Å². The minimum atomic E-state index is 0. The van der Waals surface area contributed by atoms with E-state index in [4.69, 9.17) is 0 Å². The number of rotatable bonds is 12. The van der Waals surface area contributed by atoms with Crippen LogP contribution in [0.2, 0.25) is 0 Å². The van der Waals surface area contributed by atoms with E-state index in [9.17, 15) is 0 Å². The molecular formula is C28H54Cl4N4. The average molecular weight is 589 g/mol. The van der Waals surface area contributed by atoms with Gasteiger partial charge in [-0.25, -0.2) is 0 Å². The van der Waals surface area contributed by atoms with E-state index in [0.29, 0.717) is 0 Å². The second-order valence-electron chi connectivity index (χ2n) is 10.3. The Morgan fingerprint density at radius 3 is 1.25 bits per heavy atom. The number of hydrogen-bond donors (Lipinski definition) is 0. The van der Waals surface area contributed by atoms with Gasteiger partial charge in [0.2, 0.25) is 0 Å². The molecule has 0 aromatic heterocycles. The molecule has 3 rings (SSSR count). The van der Waals surface area contributed by atoms with Gasteiger partial charge in [-0.1, -0.05) is 52.0 Å². The lowest BCUT2D eigenvalue weighted by Gasteiger charge is -2.35. The summed E-state index contributed by atoms with van der Waals surface area (Å²) in [6.07, 6.45) is 5.51. The fraction of sp³-hybridized carbons (Fsp3) is 0.786. The van der Waals surface area contributed by atoms with E-state index in [1.54, 1.807) is 0 Å². The lowest BCUT2D eigenvalue weighted by molar-refractivity contribution is 0.131. The Bertz CT molecular complexity index is 586. The summed E-state index contributed by atoms with van der Waals surface area (Å²) in [7, 11) is 0. The van der Waals surface area contributed by atoms with Gasteiger partial charge in [-0.2, -0.15) is 0 Å². The van der Waals surface area contributed by atoms with Crippen LogP contribution in [0.25, 0.3) is 0 Å². The highest BCUT2D eigenvalue weighted by Crippen LogP contribution is 2.22. The van der Waals surface area contributed by atoms with Gasteiger partial charge in [0, 0.05) is 39.3 Å². The van der Waals surface area contributed by atoms with Gasteiger partial charge in [0.25, 0.3) is 0 Å². The first-order chi connectivity index (χ1) is 15.6. The fourth-order valence-electron chi connectivity index (χ4n) is 5.85. The first-order valence-electron chi connectivity index (χ1n) is 13.6. The number of nitrogens with zero attached hydrogens (tertiary/aromatic N) is 4. The largest absolute Gasteiger partial charge is 0.304 e. The van der Waals surface area contributed by atoms with Crippen molar-refractivity contribution in [2.45, 2.75) is 66.5 Å². The van der Waals surface area contributed by atoms with Crippen LogP contribution >= 0.6 is 49.6 Å². The highest BCUT2D eigenvalue weighted by molar-refractivity contribution is 5.86. The van der Waals surface area contributed by atoms with Gasteiger partial charge in [-0.15, -0.1) is 49.6 Å². The molecule has 2 saturated heterocycles. The van der Waals surface area contributed by atoms with Gasteiger partial charge in [-0.3, -0.25) is 9.80 Å². The van der Waals surface area contributed by atoms with Crippen LogP contribution in [-0.4, -0.2) is 85.0 Å². The zero-order chi connectivity index (χ0) is 22.8. The van der Waals surface area contributed by atoms with E-state index < -0.39 is 0 Å². The topological polar surface area (TPSA) is 13.0 Å². The van der Waals surface area contributed by atoms with Crippen LogP contribution in [0.4, 0.5) is 0 Å². The molecule has 2 atom stereocenters. The summed E-state index contributed by atoms with van der Waals surface area (Å²) in [5.41, 5.74) is 2.96. The molecule has 8 heteroatoms. The van der Waals surface area contributed by atoms with Crippen molar-refractivity contribution in [3.63, 3.8) is 0 Å². The molecular weight excluding hydrogens is 534 g/mol. The fourth-order valence-corrected chi connectivity index (χ4v) is 5.85. The Labute approximate surface area is 247 Å². The molecule has 2 aliphatic heterocycles. The molecule has 2 heterocycles. The Balaban J connectivity index is 0. The Morgan fingerprint density at radius 1 is 0.611 bits per heavy atom. The van der Waals surface area contributed by atoms with Gasteiger partial charge in [0.15, 0.2) is 0 Å². The van der Waals surface area contributed by atoms with Crippen LogP contribution in [0.1, 0.15) is 64.5 Å². The number of halogens is 4. The van der Waals surface area contributed by atoms with Gasteiger partial charge in [0.05, 0.1) is 0 Å². The third-order valence-electron chi connectivity index (χ3n) is 7.86. The third-order valence-corrected chi connectivity index (χ3v) is 7.86. The predicted molar refractivity (Wildman–Crippen MR) is 167 cm³/mol. The highest BCUT2D eigenvalue weighted by atomic mass is 35.5. The van der Waals surface area contributed by atoms with Crippen LogP contribution in [-0.2, 0) is 13.1 Å². The van der Waals surface area contributed by atoms with Gasteiger partial charge in [0.1, 0.15) is 0 Å². The van der Waals surface area contributed by atoms with E-state index in [1.807, 2.05) is 0 Å². The second kappa shape index (κ2) is 21.1. The minimum absolute atomic E-state index is 0. The summed E-state index contributed by atoms with van der Waals surface area (Å²) in [5.74, 6) is 1.68. The molecule has 0 amide bonds. The number of hydrogen-bond acceptors (Lipinski definition) is 4. The van der Waals surface area contributed by atoms with Gasteiger partial charge < -0.3 is 9.80 Å². The maximum atomic E-state index is 2.69. The summed E-state index contributed by atoms with van der Waals surface area (Å²) in [4.78, 5) is 10.6. The van der Waals surface area contributed by atoms with Crippen LogP contribution in [0, 0.1) is 11.8 Å². The van der Waals surface area contributed by atoms with E-state index >= 15 is 0 Å². The summed E-state index contributed by atoms with van der Waals surface area (Å²) in [5, 5.41) is 0. The molecule has 0 N–H and O–H groups in total. The molecule has 2 unspecified atom stereocenters. The van der Waals surface area contributed by atoms with Crippen LogP contribution in [0.3, 0.4) is 0 Å². The molecule has 0 bridgehead atoms. The standard InChI is InChI=1S/C28H50N4.4ClH/c1-5-29(6-2)21-27-11-9-17-31(23-27)19-25-13-15-26(16-14-25)20-32-18-10-12-28(24-32)22-30(7-3)8-4;;;;/h13-16,27-28H,5-12,17-24H2,1-4H3;4*1H. The van der Waals surface area contributed by atoms with Crippen molar-refractivity contribution < 1.29 is 0 Å². The van der Waals surface area contributed by atoms with Crippen LogP contribution < -0.4 is 0 Å². The molecule has 0 radical (unpaired) electrons. The molecule has 4 nitrogen and oxygen atoms in total. The Kier molecular flexibility index (Phi) is 22.5. The lowest BCUT2D eigenvalue weighted by Crippen LogP contribution is -2.40. The van der Waals surface area contributed by atoms with Crippen molar-refractivity contribution in [1.29, 1.82) is 0 Å². The molecule has 1 aromatic rings. The molecule has 36 heavy (non-hydrogen) atoms. The Hall–Kier alpha value is 0.220. The molecule has 2 aliphatic rings. The number of piperidine rings is 2. The lowest BCUT2D eigenvalue weighted by atomic mass is 9.96. The summed E-state index contributed by atoms with van der Waals surface area (Å²) < 4.78 is 0. The van der Waals surface area contributed by atoms with Crippen LogP contribution in [0.15, 0.2) is 24.3 Å². The monoisotopic (exact) mass is 586 g/mol. The smallest absolute Gasteiger partial charge is 0.0233 e. The van der Waals surface area contributed by atoms with E-state index in [0.717, 1.165) is 24.9 Å². The SMILES string of the molecule is CCN(CC)CC1CCCN(Cc2ccc(CN3CCCC(CN(CC)CC)C3)cc2)C1.Cl.Cl.Cl.Cl. The quantitative estimate of drug-likeness (QED) is 0.277. The van der Waals surface area contributed by atoms with Crippen molar-refractivity contribution in [1.82, 2.24) is 19.6 Å². The summed E-state index contributed by atoms with van der Waals surface area (Å²) in [6.45, 7) is 23.7. The summed E-state index contributed by atoms with van der Waals surface area (Å²) >= 11 is 0. The second-order valence-corrected chi connectivity index (χ2v) is 10.3. The van der Waals surface area contributed by atoms with Crippen molar-refractivity contribution in [2.24, 2.45) is 11.8 Å². The molecule has 2 fully saturated rings. The van der Waals surface area contributed by atoms with Crippen molar-refractivity contribution in [3.8, 4) is 0 Å². The Morgan fingerprint density at radius 2 is 0.944 bits per heavy atom. The molecule has 0 spiro atoms. The van der Waals surface area contributed by atoms with Gasteiger partial charge in [-0.05, 0) is 87.9 Å². The zero-order valence-corrected chi connectivity index (χ0v) is 26.5.